The summed E-state index contributed by atoms with van der Waals surface area (Å²) in [4.78, 5) is 48.7. The summed E-state index contributed by atoms with van der Waals surface area (Å²) in [6.07, 6.45) is 3.15. The van der Waals surface area contributed by atoms with E-state index in [0.717, 1.165) is 11.3 Å². The van der Waals surface area contributed by atoms with Crippen molar-refractivity contribution >= 4 is 45.5 Å². The van der Waals surface area contributed by atoms with Crippen LogP contribution in [0.2, 0.25) is 0 Å². The van der Waals surface area contributed by atoms with Gasteiger partial charge in [-0.05, 0) is 31.5 Å². The van der Waals surface area contributed by atoms with Crippen LogP contribution in [0, 0.1) is 6.92 Å². The maximum absolute atomic E-state index is 12.1. The highest BCUT2D eigenvalue weighted by atomic mass is 32.1. The van der Waals surface area contributed by atoms with Gasteiger partial charge in [-0.25, -0.2) is 24.5 Å². The summed E-state index contributed by atoms with van der Waals surface area (Å²) < 4.78 is 9.96. The van der Waals surface area contributed by atoms with Gasteiger partial charge in [0.15, 0.2) is 23.1 Å². The molecule has 0 aliphatic heterocycles. The lowest BCUT2D eigenvalue weighted by Gasteiger charge is -2.03. The van der Waals surface area contributed by atoms with Crippen molar-refractivity contribution in [1.29, 1.82) is 0 Å². The number of hydrogen-bond donors (Lipinski definition) is 1. The van der Waals surface area contributed by atoms with Gasteiger partial charge in [-0.1, -0.05) is 0 Å². The molecule has 1 amide bonds. The number of aromatic nitrogens is 3. The van der Waals surface area contributed by atoms with Crippen LogP contribution in [0.1, 0.15) is 32.6 Å². The van der Waals surface area contributed by atoms with Gasteiger partial charge < -0.3 is 14.8 Å². The molecule has 3 heterocycles. The van der Waals surface area contributed by atoms with Crippen molar-refractivity contribution in [3.63, 3.8) is 0 Å². The van der Waals surface area contributed by atoms with Crippen LogP contribution in [0.3, 0.4) is 0 Å². The lowest BCUT2D eigenvalue weighted by molar-refractivity contribution is -0.119. The standard InChI is InChI=1S/C18H16N4O5S2/c1-3-26-18(25)14-10(2)7-13(29-14)22-12(23)8-27-17(24)11-9-28-16(21-11)15-19-5-4-6-20-15/h4-7,9H,3,8H2,1-2H3,(H,22,23). The number of hydrogen-bond acceptors (Lipinski definition) is 10. The molecule has 29 heavy (non-hydrogen) atoms. The largest absolute Gasteiger partial charge is 0.462 e. The van der Waals surface area contributed by atoms with Crippen LogP contribution in [0.15, 0.2) is 29.9 Å². The van der Waals surface area contributed by atoms with Crippen LogP contribution < -0.4 is 5.32 Å². The van der Waals surface area contributed by atoms with E-state index in [4.69, 9.17) is 9.47 Å². The first-order valence-corrected chi connectivity index (χ1v) is 10.1. The smallest absolute Gasteiger partial charge is 0.358 e. The number of anilines is 1. The minimum absolute atomic E-state index is 0.0711. The molecular formula is C18H16N4O5S2. The summed E-state index contributed by atoms with van der Waals surface area (Å²) in [5.74, 6) is -1.30. The molecule has 0 aromatic carbocycles. The molecule has 0 aliphatic carbocycles. The van der Waals surface area contributed by atoms with Crippen LogP contribution >= 0.6 is 22.7 Å². The molecule has 0 atom stereocenters. The molecule has 11 heteroatoms. The van der Waals surface area contributed by atoms with Crippen LogP contribution in [0.5, 0.6) is 0 Å². The number of aryl methyl sites for hydroxylation is 1. The van der Waals surface area contributed by atoms with Crippen molar-refractivity contribution in [2.75, 3.05) is 18.5 Å². The molecule has 3 rings (SSSR count). The third-order valence-electron chi connectivity index (χ3n) is 3.45. The molecular weight excluding hydrogens is 416 g/mol. The summed E-state index contributed by atoms with van der Waals surface area (Å²) in [6.45, 7) is 3.24. The minimum Gasteiger partial charge on any atom is -0.462 e. The molecule has 0 aliphatic rings. The van der Waals surface area contributed by atoms with E-state index in [1.54, 1.807) is 38.4 Å². The van der Waals surface area contributed by atoms with Gasteiger partial charge in [0.05, 0.1) is 11.6 Å². The van der Waals surface area contributed by atoms with E-state index in [-0.39, 0.29) is 12.3 Å². The molecule has 0 fully saturated rings. The van der Waals surface area contributed by atoms with E-state index < -0.39 is 24.5 Å². The number of esters is 2. The summed E-state index contributed by atoms with van der Waals surface area (Å²) in [6, 6.07) is 3.33. The second kappa shape index (κ2) is 9.34. The zero-order valence-corrected chi connectivity index (χ0v) is 17.1. The molecule has 1 N–H and O–H groups in total. The second-order valence-electron chi connectivity index (χ2n) is 5.58. The van der Waals surface area contributed by atoms with Gasteiger partial charge in [0.25, 0.3) is 5.91 Å². The van der Waals surface area contributed by atoms with E-state index >= 15 is 0 Å². The Kier molecular flexibility index (Phi) is 6.62. The number of thiophene rings is 1. The second-order valence-corrected chi connectivity index (χ2v) is 7.49. The average Bonchev–Trinajstić information content (AvgIpc) is 3.34. The normalized spacial score (nSPS) is 10.4. The molecule has 3 aromatic heterocycles. The van der Waals surface area contributed by atoms with Crippen LogP contribution in [-0.2, 0) is 14.3 Å². The summed E-state index contributed by atoms with van der Waals surface area (Å²) >= 11 is 2.30. The van der Waals surface area contributed by atoms with Crippen molar-refractivity contribution in [3.05, 3.63) is 46.0 Å². The third kappa shape index (κ3) is 5.21. The molecule has 0 bridgehead atoms. The summed E-state index contributed by atoms with van der Waals surface area (Å²) in [5, 5.41) is 5.05. The highest BCUT2D eigenvalue weighted by molar-refractivity contribution is 7.18. The van der Waals surface area contributed by atoms with Gasteiger partial charge in [0, 0.05) is 17.8 Å². The fourth-order valence-corrected chi connectivity index (χ4v) is 3.92. The highest BCUT2D eigenvalue weighted by Gasteiger charge is 2.18. The Morgan fingerprint density at radius 3 is 2.62 bits per heavy atom. The van der Waals surface area contributed by atoms with Crippen LogP contribution in [0.4, 0.5) is 5.00 Å². The van der Waals surface area contributed by atoms with Gasteiger partial charge >= 0.3 is 11.9 Å². The number of rotatable bonds is 7. The van der Waals surface area contributed by atoms with E-state index in [0.29, 0.717) is 26.3 Å². The molecule has 3 aromatic rings. The number of nitrogens with one attached hydrogen (secondary N) is 1. The van der Waals surface area contributed by atoms with Gasteiger partial charge in [0.2, 0.25) is 0 Å². The Bertz CT molecular complexity index is 1030. The zero-order chi connectivity index (χ0) is 20.8. The van der Waals surface area contributed by atoms with E-state index in [9.17, 15) is 14.4 Å². The molecule has 0 spiro atoms. The maximum Gasteiger partial charge on any atom is 0.358 e. The van der Waals surface area contributed by atoms with Crippen molar-refractivity contribution < 1.29 is 23.9 Å². The molecule has 150 valence electrons. The Morgan fingerprint density at radius 1 is 1.14 bits per heavy atom. The lowest BCUT2D eigenvalue weighted by Crippen LogP contribution is -2.20. The van der Waals surface area contributed by atoms with Crippen molar-refractivity contribution in [3.8, 4) is 10.8 Å². The fourth-order valence-electron chi connectivity index (χ4n) is 2.20. The predicted octanol–water partition coefficient (Wildman–Crippen LogP) is 2.94. The average molecular weight is 432 g/mol. The summed E-state index contributed by atoms with van der Waals surface area (Å²) in [7, 11) is 0. The molecule has 9 nitrogen and oxygen atoms in total. The highest BCUT2D eigenvalue weighted by Crippen LogP contribution is 2.27. The first-order chi connectivity index (χ1) is 14.0. The van der Waals surface area contributed by atoms with Crippen molar-refractivity contribution in [2.24, 2.45) is 0 Å². The maximum atomic E-state index is 12.1. The Hall–Kier alpha value is -3.18. The van der Waals surface area contributed by atoms with Crippen LogP contribution in [-0.4, -0.2) is 46.0 Å². The Labute approximate surface area is 173 Å². The van der Waals surface area contributed by atoms with E-state index in [1.807, 2.05) is 0 Å². The third-order valence-corrected chi connectivity index (χ3v) is 5.42. The first-order valence-electron chi connectivity index (χ1n) is 8.45. The van der Waals surface area contributed by atoms with Gasteiger partial charge in [-0.2, -0.15) is 0 Å². The number of carbonyl (C=O) groups is 3. The molecule has 0 saturated carbocycles. The first kappa shape index (κ1) is 20.6. The van der Waals surface area contributed by atoms with E-state index in [1.165, 1.54) is 16.7 Å². The number of nitrogens with zero attached hydrogens (tertiary/aromatic N) is 3. The van der Waals surface area contributed by atoms with E-state index in [2.05, 4.69) is 20.3 Å². The van der Waals surface area contributed by atoms with Gasteiger partial charge in [-0.3, -0.25) is 4.79 Å². The zero-order valence-electron chi connectivity index (χ0n) is 15.5. The van der Waals surface area contributed by atoms with Crippen molar-refractivity contribution in [2.45, 2.75) is 13.8 Å². The fraction of sp³-hybridized carbons (Fsp3) is 0.222. The Balaban J connectivity index is 1.54. The SMILES string of the molecule is CCOC(=O)c1sc(NC(=O)COC(=O)c2csc(-c3ncccn3)n2)cc1C. The molecule has 0 radical (unpaired) electrons. The quantitative estimate of drug-likeness (QED) is 0.566. The molecule has 0 saturated heterocycles. The summed E-state index contributed by atoms with van der Waals surface area (Å²) in [5.41, 5.74) is 0.765. The number of carbonyl (C=O) groups excluding carboxylic acids is 3. The van der Waals surface area contributed by atoms with Gasteiger partial charge in [-0.15, -0.1) is 22.7 Å². The predicted molar refractivity (Wildman–Crippen MR) is 107 cm³/mol. The number of ether oxygens (including phenoxy) is 2. The lowest BCUT2D eigenvalue weighted by atomic mass is 10.3. The molecule has 0 unspecified atom stereocenters. The Morgan fingerprint density at radius 2 is 1.90 bits per heavy atom. The van der Waals surface area contributed by atoms with Gasteiger partial charge in [0.1, 0.15) is 4.88 Å². The number of amides is 1. The van der Waals surface area contributed by atoms with Crippen LogP contribution in [0.25, 0.3) is 10.8 Å². The monoisotopic (exact) mass is 432 g/mol. The minimum atomic E-state index is -0.729. The van der Waals surface area contributed by atoms with Crippen molar-refractivity contribution in [1.82, 2.24) is 15.0 Å². The topological polar surface area (TPSA) is 120 Å². The number of thiazole rings is 1.